The largest absolute Gasteiger partial charge is 0.454 e. The Bertz CT molecular complexity index is 1890. The van der Waals surface area contributed by atoms with E-state index in [0.717, 1.165) is 16.1 Å². The van der Waals surface area contributed by atoms with Gasteiger partial charge in [0.2, 0.25) is 10.0 Å². The van der Waals surface area contributed by atoms with E-state index in [4.69, 9.17) is 4.74 Å². The minimum Gasteiger partial charge on any atom is -0.454 e. The molecule has 1 aliphatic carbocycles. The van der Waals surface area contributed by atoms with Crippen LogP contribution in [0, 0.1) is 21.7 Å². The maximum absolute atomic E-state index is 14.3. The van der Waals surface area contributed by atoms with Crippen LogP contribution in [-0.2, 0) is 10.0 Å². The van der Waals surface area contributed by atoms with Gasteiger partial charge in [-0.2, -0.15) is 0 Å². The molecule has 5 rings (SSSR count). The third-order valence-corrected chi connectivity index (χ3v) is 9.37. The molecule has 0 saturated heterocycles. The van der Waals surface area contributed by atoms with Gasteiger partial charge in [0.05, 0.1) is 4.92 Å². The van der Waals surface area contributed by atoms with Crippen LogP contribution in [0.5, 0.6) is 11.5 Å². The van der Waals surface area contributed by atoms with E-state index in [1.54, 1.807) is 25.1 Å². The van der Waals surface area contributed by atoms with Crippen LogP contribution < -0.4 is 10.3 Å². The molecule has 1 aliphatic rings. The van der Waals surface area contributed by atoms with Gasteiger partial charge < -0.3 is 9.72 Å². The molecule has 12 heteroatoms. The summed E-state index contributed by atoms with van der Waals surface area (Å²) in [4.78, 5) is 25.8. The van der Waals surface area contributed by atoms with Gasteiger partial charge in [-0.05, 0) is 61.7 Å². The Morgan fingerprint density at radius 1 is 1.10 bits per heavy atom. The molecule has 0 aliphatic heterocycles. The lowest BCUT2D eigenvalue weighted by Gasteiger charge is -2.33. The smallest absolute Gasteiger partial charge is 0.273 e. The number of benzene rings is 2. The number of aromatic nitrogens is 2. The molecule has 0 radical (unpaired) electrons. The highest BCUT2D eigenvalue weighted by Crippen LogP contribution is 2.42. The summed E-state index contributed by atoms with van der Waals surface area (Å²) < 4.78 is 60.5. The maximum atomic E-state index is 14.3. The van der Waals surface area contributed by atoms with Crippen molar-refractivity contribution in [1.29, 1.82) is 0 Å². The number of halogens is 2. The summed E-state index contributed by atoms with van der Waals surface area (Å²) in [5.41, 5.74) is 0.218. The summed E-state index contributed by atoms with van der Waals surface area (Å²) in [5, 5.41) is 11.9. The molecule has 1 N–H and O–H groups in total. The molecule has 2 aromatic heterocycles. The Morgan fingerprint density at radius 3 is 2.54 bits per heavy atom. The van der Waals surface area contributed by atoms with Crippen molar-refractivity contribution in [1.82, 2.24) is 8.96 Å². The topological polar surface area (TPSA) is 124 Å². The van der Waals surface area contributed by atoms with E-state index in [1.807, 2.05) is 0 Å². The first kappa shape index (κ1) is 26.0. The van der Waals surface area contributed by atoms with Crippen molar-refractivity contribution in [3.05, 3.63) is 116 Å². The summed E-state index contributed by atoms with van der Waals surface area (Å²) in [7, 11) is -4.15. The van der Waals surface area contributed by atoms with Gasteiger partial charge in [0.1, 0.15) is 21.8 Å². The molecule has 39 heavy (non-hydrogen) atoms. The first-order valence-electron chi connectivity index (χ1n) is 11.7. The Labute approximate surface area is 220 Å². The van der Waals surface area contributed by atoms with E-state index < -0.39 is 36.9 Å². The zero-order valence-electron chi connectivity index (χ0n) is 20.6. The van der Waals surface area contributed by atoms with Crippen LogP contribution in [0.1, 0.15) is 25.8 Å². The van der Waals surface area contributed by atoms with Gasteiger partial charge in [0.15, 0.2) is 11.6 Å². The number of non-ortho nitro benzene ring substituents is 1. The molecular weight excluding hydrogens is 532 g/mol. The average molecular weight is 554 g/mol. The van der Waals surface area contributed by atoms with E-state index in [2.05, 4.69) is 4.98 Å². The molecule has 1 unspecified atom stereocenters. The summed E-state index contributed by atoms with van der Waals surface area (Å²) in [5.74, 6) is -2.00. The number of allylic oxidation sites excluding steroid dienone is 3. The Balaban J connectivity index is 1.57. The fourth-order valence-electron chi connectivity index (χ4n) is 4.52. The lowest BCUT2D eigenvalue weighted by molar-refractivity contribution is -0.384. The van der Waals surface area contributed by atoms with Crippen LogP contribution >= 0.6 is 0 Å². The number of H-pyrrole nitrogens is 1. The average Bonchev–Trinajstić information content (AvgIpc) is 3.34. The quantitative estimate of drug-likeness (QED) is 0.242. The fourth-order valence-corrected chi connectivity index (χ4v) is 6.36. The third kappa shape index (κ3) is 4.32. The van der Waals surface area contributed by atoms with Crippen LogP contribution in [0.2, 0.25) is 0 Å². The minimum absolute atomic E-state index is 0.00278. The Morgan fingerprint density at radius 2 is 1.85 bits per heavy atom. The lowest BCUT2D eigenvalue weighted by Crippen LogP contribution is -2.41. The molecule has 0 saturated carbocycles. The molecule has 9 nitrogen and oxygen atoms in total. The van der Waals surface area contributed by atoms with Crippen molar-refractivity contribution in [2.75, 3.05) is 0 Å². The van der Waals surface area contributed by atoms with Gasteiger partial charge in [-0.25, -0.2) is 21.2 Å². The molecule has 0 spiro atoms. The second-order valence-corrected chi connectivity index (χ2v) is 11.5. The van der Waals surface area contributed by atoms with E-state index in [9.17, 15) is 32.1 Å². The number of hydrogen-bond acceptors (Lipinski definition) is 6. The molecule has 200 valence electrons. The Kier molecular flexibility index (Phi) is 6.22. The van der Waals surface area contributed by atoms with E-state index in [0.29, 0.717) is 22.6 Å². The number of fused-ring (bicyclic) bond motifs is 1. The van der Waals surface area contributed by atoms with Crippen LogP contribution in [0.25, 0.3) is 16.5 Å². The van der Waals surface area contributed by atoms with Crippen molar-refractivity contribution < 1.29 is 26.9 Å². The molecule has 1 atom stereocenters. The number of aromatic amines is 1. The predicted molar refractivity (Wildman–Crippen MR) is 141 cm³/mol. The molecule has 4 aromatic rings. The van der Waals surface area contributed by atoms with Crippen LogP contribution in [0.3, 0.4) is 0 Å². The number of nitrogens with zero attached hydrogens (tertiary/aromatic N) is 2. The monoisotopic (exact) mass is 553 g/mol. The zero-order chi connectivity index (χ0) is 28.1. The first-order chi connectivity index (χ1) is 18.4. The fraction of sp³-hybridized carbons (Fsp3) is 0.148. The highest BCUT2D eigenvalue weighted by molar-refractivity contribution is 7.91. The van der Waals surface area contributed by atoms with Crippen molar-refractivity contribution >= 4 is 32.2 Å². The number of nitro groups is 1. The lowest BCUT2D eigenvalue weighted by atomic mass is 9.87. The van der Waals surface area contributed by atoms with Crippen molar-refractivity contribution in [3.63, 3.8) is 0 Å². The van der Waals surface area contributed by atoms with Gasteiger partial charge in [0.25, 0.3) is 11.2 Å². The minimum atomic E-state index is -4.15. The number of rotatable bonds is 6. The van der Waals surface area contributed by atoms with Crippen molar-refractivity contribution in [3.8, 4) is 11.5 Å². The molecule has 2 heterocycles. The van der Waals surface area contributed by atoms with Gasteiger partial charge in [-0.3, -0.25) is 14.9 Å². The number of pyridine rings is 1. The number of hydrogen-bond donors (Lipinski definition) is 1. The number of nitrogens with one attached hydrogen (secondary N) is 1. The van der Waals surface area contributed by atoms with Crippen LogP contribution in [-0.4, -0.2) is 27.0 Å². The Hall–Kier alpha value is -4.58. The van der Waals surface area contributed by atoms with E-state index >= 15 is 0 Å². The summed E-state index contributed by atoms with van der Waals surface area (Å²) >= 11 is 0. The van der Waals surface area contributed by atoms with Crippen LogP contribution in [0.4, 0.5) is 14.5 Å². The number of ether oxygens (including phenoxy) is 1. The van der Waals surface area contributed by atoms with Crippen LogP contribution in [0.15, 0.2) is 83.4 Å². The molecular formula is C27H21F2N3O6S. The summed E-state index contributed by atoms with van der Waals surface area (Å²) in [6, 6.07) is 9.61. The molecule has 0 amide bonds. The van der Waals surface area contributed by atoms with Crippen molar-refractivity contribution in [2.45, 2.75) is 25.0 Å². The standard InChI is InChI=1S/C27H21F2N3O6S/c1-16-13-18(7-10-27(16,2)39(36,37)31-12-9-17-8-11-30-26(33)25(17)31)21-15-20(32(34)35)4-6-23(21)38-24-5-3-19(28)14-22(24)29/h3-9,11-15H,10H2,1-2H3,(H,30,33). The highest BCUT2D eigenvalue weighted by Gasteiger charge is 2.43. The molecule has 0 fully saturated rings. The second-order valence-electron chi connectivity index (χ2n) is 9.26. The second kappa shape index (κ2) is 9.31. The van der Waals surface area contributed by atoms with Gasteiger partial charge in [0, 0.05) is 41.5 Å². The van der Waals surface area contributed by atoms with E-state index in [1.165, 1.54) is 43.6 Å². The van der Waals surface area contributed by atoms with Gasteiger partial charge in [-0.15, -0.1) is 0 Å². The molecule has 2 aromatic carbocycles. The van der Waals surface area contributed by atoms with E-state index in [-0.39, 0.29) is 34.7 Å². The SMILES string of the molecule is CC1=CC(c2cc([N+](=O)[O-])ccc2Oc2ccc(F)cc2F)=CCC1(C)S(=O)(=O)n1ccc2cc[nH]c(=O)c21. The number of nitro benzene ring substituents is 1. The predicted octanol–water partition coefficient (Wildman–Crippen LogP) is 5.68. The molecule has 0 bridgehead atoms. The summed E-state index contributed by atoms with van der Waals surface area (Å²) in [6.07, 6.45) is 5.87. The summed E-state index contributed by atoms with van der Waals surface area (Å²) in [6.45, 7) is 3.14. The van der Waals surface area contributed by atoms with Crippen molar-refractivity contribution in [2.24, 2.45) is 0 Å². The normalized spacial score (nSPS) is 17.5. The highest BCUT2D eigenvalue weighted by atomic mass is 32.2. The zero-order valence-corrected chi connectivity index (χ0v) is 21.5. The first-order valence-corrected chi connectivity index (χ1v) is 13.1. The van der Waals surface area contributed by atoms with Gasteiger partial charge in [-0.1, -0.05) is 12.2 Å². The van der Waals surface area contributed by atoms with Gasteiger partial charge >= 0.3 is 0 Å². The third-order valence-electron chi connectivity index (χ3n) is 6.92. The maximum Gasteiger partial charge on any atom is 0.273 e.